The van der Waals surface area contributed by atoms with E-state index >= 15 is 0 Å². The van der Waals surface area contributed by atoms with E-state index in [1.165, 1.54) is 0 Å². The van der Waals surface area contributed by atoms with Crippen molar-refractivity contribution in [3.05, 3.63) is 47.1 Å². The van der Waals surface area contributed by atoms with Gasteiger partial charge in [-0.15, -0.1) is 0 Å². The number of ether oxygens (including phenoxy) is 1. The highest BCUT2D eigenvalue weighted by atomic mass is 32.2. The molecule has 2 heterocycles. The van der Waals surface area contributed by atoms with Gasteiger partial charge in [0.15, 0.2) is 12.4 Å². The summed E-state index contributed by atoms with van der Waals surface area (Å²) in [5.41, 5.74) is 1.50. The summed E-state index contributed by atoms with van der Waals surface area (Å²) in [5, 5.41) is 3.85. The van der Waals surface area contributed by atoms with E-state index in [1.54, 1.807) is 29.6 Å². The van der Waals surface area contributed by atoms with Gasteiger partial charge in [-0.1, -0.05) is 53.8 Å². The minimum Gasteiger partial charge on any atom is -0.452 e. The molecule has 0 radical (unpaired) electrons. The Labute approximate surface area is 154 Å². The number of carbonyl (C=O) groups excluding carboxylic acids is 1. The lowest BCUT2D eigenvalue weighted by Gasteiger charge is -2.08. The predicted molar refractivity (Wildman–Crippen MR) is 99.9 cm³/mol. The van der Waals surface area contributed by atoms with Crippen LogP contribution >= 0.6 is 23.5 Å². The van der Waals surface area contributed by atoms with Crippen molar-refractivity contribution in [1.29, 1.82) is 0 Å². The zero-order valence-corrected chi connectivity index (χ0v) is 15.6. The molecule has 0 spiro atoms. The predicted octanol–water partition coefficient (Wildman–Crippen LogP) is 3.72. The van der Waals surface area contributed by atoms with Gasteiger partial charge in [0, 0.05) is 17.9 Å². The van der Waals surface area contributed by atoms with Gasteiger partial charge in [0.2, 0.25) is 0 Å². The third kappa shape index (κ3) is 5.09. The largest absolute Gasteiger partial charge is 0.452 e. The normalized spacial score (nSPS) is 13.7. The summed E-state index contributed by atoms with van der Waals surface area (Å²) < 4.78 is 11.5. The first-order valence-electron chi connectivity index (χ1n) is 8.12. The maximum absolute atomic E-state index is 12.4. The Balaban J connectivity index is 1.59. The molecule has 1 aliphatic rings. The lowest BCUT2D eigenvalue weighted by atomic mass is 10.1. The number of thioether (sulfide) groups is 2. The number of nitrogens with zero attached hydrogens (tertiary/aromatic N) is 3. The first-order valence-corrected chi connectivity index (χ1v) is 10.1. The van der Waals surface area contributed by atoms with Crippen molar-refractivity contribution in [1.82, 2.24) is 10.1 Å². The highest BCUT2D eigenvalue weighted by Gasteiger charge is 2.16. The monoisotopic (exact) mass is 377 g/mol. The van der Waals surface area contributed by atoms with Gasteiger partial charge < -0.3 is 9.26 Å². The molecule has 1 aromatic heterocycles. The average molecular weight is 377 g/mol. The second-order valence-electron chi connectivity index (χ2n) is 5.37. The number of aliphatic imine (C=N–C) groups is 1. The van der Waals surface area contributed by atoms with Crippen molar-refractivity contribution < 1.29 is 14.1 Å². The lowest BCUT2D eigenvalue weighted by Crippen LogP contribution is -2.08. The van der Waals surface area contributed by atoms with Gasteiger partial charge in [0.1, 0.15) is 4.38 Å². The van der Waals surface area contributed by atoms with Crippen LogP contribution in [0.2, 0.25) is 0 Å². The van der Waals surface area contributed by atoms with Crippen molar-refractivity contribution in [2.45, 2.75) is 32.1 Å². The number of hydrogen-bond donors (Lipinski definition) is 0. The molecule has 0 bridgehead atoms. The Morgan fingerprint density at radius 1 is 1.40 bits per heavy atom. The van der Waals surface area contributed by atoms with E-state index in [9.17, 15) is 4.79 Å². The second-order valence-corrected chi connectivity index (χ2v) is 7.68. The van der Waals surface area contributed by atoms with E-state index in [-0.39, 0.29) is 12.6 Å². The number of rotatable bonds is 7. The number of carbonyl (C=O) groups is 1. The molecular weight excluding hydrogens is 358 g/mol. The van der Waals surface area contributed by atoms with Crippen LogP contribution in [0.3, 0.4) is 0 Å². The van der Waals surface area contributed by atoms with E-state index in [4.69, 9.17) is 9.26 Å². The summed E-state index contributed by atoms with van der Waals surface area (Å²) in [4.78, 5) is 21.0. The van der Waals surface area contributed by atoms with Gasteiger partial charge in [0.25, 0.3) is 5.89 Å². The number of hydrogen-bond acceptors (Lipinski definition) is 8. The van der Waals surface area contributed by atoms with Crippen LogP contribution in [0, 0.1) is 0 Å². The SMILES string of the molecule is CCCc1noc(COC(=O)c2ccccc2CSC2=NCCS2)n1. The molecule has 1 aliphatic heterocycles. The summed E-state index contributed by atoms with van der Waals surface area (Å²) in [6.45, 7) is 2.90. The van der Waals surface area contributed by atoms with E-state index in [1.807, 2.05) is 25.1 Å². The molecule has 0 amide bonds. The molecule has 0 saturated heterocycles. The van der Waals surface area contributed by atoms with Gasteiger partial charge in [0.05, 0.1) is 12.1 Å². The van der Waals surface area contributed by atoms with Crippen molar-refractivity contribution >= 4 is 33.9 Å². The molecular formula is C17H19N3O3S2. The van der Waals surface area contributed by atoms with Crippen LogP contribution in [0.5, 0.6) is 0 Å². The highest BCUT2D eigenvalue weighted by molar-refractivity contribution is 8.38. The fourth-order valence-corrected chi connectivity index (χ4v) is 4.28. The summed E-state index contributed by atoms with van der Waals surface area (Å²) in [6, 6.07) is 7.47. The number of esters is 1. The van der Waals surface area contributed by atoms with Crippen molar-refractivity contribution in [3.63, 3.8) is 0 Å². The van der Waals surface area contributed by atoms with Crippen LogP contribution in [0.4, 0.5) is 0 Å². The Hall–Kier alpha value is -1.80. The number of benzene rings is 1. The molecule has 1 aromatic carbocycles. The fourth-order valence-electron chi connectivity index (χ4n) is 2.27. The number of aryl methyl sites for hydroxylation is 1. The summed E-state index contributed by atoms with van der Waals surface area (Å²) in [6.07, 6.45) is 1.69. The third-order valence-electron chi connectivity index (χ3n) is 3.46. The number of aromatic nitrogens is 2. The summed E-state index contributed by atoms with van der Waals surface area (Å²) >= 11 is 3.42. The average Bonchev–Trinajstić information content (AvgIpc) is 3.30. The third-order valence-corrected chi connectivity index (χ3v) is 5.76. The Kier molecular flexibility index (Phi) is 6.52. The topological polar surface area (TPSA) is 77.6 Å². The quantitative estimate of drug-likeness (QED) is 0.681. The van der Waals surface area contributed by atoms with Crippen LogP contribution in [0.1, 0.15) is 41.0 Å². The smallest absolute Gasteiger partial charge is 0.338 e. The minimum absolute atomic E-state index is 0.0143. The van der Waals surface area contributed by atoms with E-state index in [0.29, 0.717) is 23.0 Å². The van der Waals surface area contributed by atoms with Crippen molar-refractivity contribution in [3.8, 4) is 0 Å². The molecule has 0 N–H and O–H groups in total. The van der Waals surface area contributed by atoms with Crippen LogP contribution in [0.25, 0.3) is 0 Å². The Morgan fingerprint density at radius 3 is 3.08 bits per heavy atom. The summed E-state index contributed by atoms with van der Waals surface area (Å²) in [7, 11) is 0. The van der Waals surface area contributed by atoms with Gasteiger partial charge in [-0.2, -0.15) is 4.98 Å². The Bertz CT molecular complexity index is 761. The minimum atomic E-state index is -0.382. The first kappa shape index (κ1) is 18.0. The molecule has 0 aliphatic carbocycles. The van der Waals surface area contributed by atoms with Gasteiger partial charge in [-0.25, -0.2) is 4.79 Å². The van der Waals surface area contributed by atoms with E-state index in [0.717, 1.165) is 35.1 Å². The zero-order chi connectivity index (χ0) is 17.5. The van der Waals surface area contributed by atoms with Gasteiger partial charge in [-0.3, -0.25) is 4.99 Å². The van der Waals surface area contributed by atoms with E-state index < -0.39 is 0 Å². The molecule has 3 rings (SSSR count). The molecule has 0 atom stereocenters. The molecule has 0 saturated carbocycles. The second kappa shape index (κ2) is 9.05. The lowest BCUT2D eigenvalue weighted by molar-refractivity contribution is 0.0429. The molecule has 0 unspecified atom stereocenters. The molecule has 8 heteroatoms. The summed E-state index contributed by atoms with van der Waals surface area (Å²) in [5.74, 6) is 2.31. The molecule has 132 valence electrons. The maximum Gasteiger partial charge on any atom is 0.338 e. The first-order chi connectivity index (χ1) is 12.3. The van der Waals surface area contributed by atoms with E-state index in [2.05, 4.69) is 15.1 Å². The molecule has 6 nitrogen and oxygen atoms in total. The van der Waals surface area contributed by atoms with Crippen molar-refractivity contribution in [2.24, 2.45) is 4.99 Å². The maximum atomic E-state index is 12.4. The van der Waals surface area contributed by atoms with Crippen molar-refractivity contribution in [2.75, 3.05) is 12.3 Å². The highest BCUT2D eigenvalue weighted by Crippen LogP contribution is 2.26. The van der Waals surface area contributed by atoms with Gasteiger partial charge >= 0.3 is 5.97 Å². The van der Waals surface area contributed by atoms with Crippen LogP contribution in [-0.2, 0) is 23.5 Å². The van der Waals surface area contributed by atoms with Crippen LogP contribution in [-0.4, -0.2) is 32.8 Å². The zero-order valence-electron chi connectivity index (χ0n) is 13.9. The van der Waals surface area contributed by atoms with Gasteiger partial charge in [-0.05, 0) is 18.1 Å². The fraction of sp³-hybridized carbons (Fsp3) is 0.412. The molecule has 2 aromatic rings. The van der Waals surface area contributed by atoms with Crippen LogP contribution < -0.4 is 0 Å². The molecule has 0 fully saturated rings. The Morgan fingerprint density at radius 2 is 2.28 bits per heavy atom. The molecule has 25 heavy (non-hydrogen) atoms. The van der Waals surface area contributed by atoms with Crippen LogP contribution in [0.15, 0.2) is 33.8 Å². The standard InChI is InChI=1S/C17H19N3O3S2/c1-2-5-14-19-15(23-20-14)10-22-16(21)13-7-4-3-6-12(13)11-25-17-18-8-9-24-17/h3-4,6-7H,2,5,8-11H2,1H3.